The van der Waals surface area contributed by atoms with Gasteiger partial charge in [-0.1, -0.05) is 0 Å². The van der Waals surface area contributed by atoms with E-state index in [2.05, 4.69) is 48.5 Å². The van der Waals surface area contributed by atoms with Gasteiger partial charge in [0, 0.05) is 44.4 Å². The van der Waals surface area contributed by atoms with Crippen LogP contribution in [0.15, 0.2) is 42.7 Å². The average molecular weight is 565 g/mol. The zero-order valence-corrected chi connectivity index (χ0v) is 23.2. The Morgan fingerprint density at radius 2 is 1.90 bits per heavy atom. The second-order valence-electron chi connectivity index (χ2n) is 10.5. The lowest BCUT2D eigenvalue weighted by Gasteiger charge is -2.40. The molecule has 5 rings (SSSR count). The van der Waals surface area contributed by atoms with Crippen molar-refractivity contribution in [1.82, 2.24) is 25.2 Å². The summed E-state index contributed by atoms with van der Waals surface area (Å²) in [7, 11) is 3.72. The summed E-state index contributed by atoms with van der Waals surface area (Å²) in [6.07, 6.45) is 1.19. The summed E-state index contributed by atoms with van der Waals surface area (Å²) in [4.78, 5) is 17.9. The highest BCUT2D eigenvalue weighted by Gasteiger charge is 2.43. The van der Waals surface area contributed by atoms with Crippen molar-refractivity contribution in [2.24, 2.45) is 5.41 Å². The summed E-state index contributed by atoms with van der Waals surface area (Å²) in [6, 6.07) is 12.8. The molecule has 2 aliphatic rings. The van der Waals surface area contributed by atoms with Gasteiger partial charge in [0.2, 0.25) is 5.88 Å². The maximum Gasteiger partial charge on any atom is 0.239 e. The molecule has 0 saturated carbocycles. The second-order valence-corrected chi connectivity index (χ2v) is 10.5. The van der Waals surface area contributed by atoms with E-state index in [1.54, 1.807) is 31.4 Å². The highest BCUT2D eigenvalue weighted by atomic mass is 19.1. The molecule has 3 aromatic rings. The molecule has 0 radical (unpaired) electrons. The minimum Gasteiger partial charge on any atom is -0.488 e. The van der Waals surface area contributed by atoms with Crippen LogP contribution < -0.4 is 25.0 Å². The van der Waals surface area contributed by atoms with Crippen LogP contribution >= 0.6 is 0 Å². The number of alkyl halides is 2. The fraction of sp³-hybridized carbons (Fsp3) is 0.448. The normalized spacial score (nSPS) is 18.9. The molecule has 2 fully saturated rings. The van der Waals surface area contributed by atoms with Gasteiger partial charge in [-0.2, -0.15) is 10.2 Å². The standard InChI is InChI=1S/C29H34F2N8O2/c1-38-9-11-39(12-10-38)23-4-6-26(37-28(23)40-2)36-27-14-22(34-19-35-27)20-3-5-24(21(13-20)15-32)41-25-7-8-33-18-29(25,16-30)17-31/h3-6,13-14,19,25,33H,7-12,16-18H2,1-2H3,(H,34,35,36,37). The van der Waals surface area contributed by atoms with Crippen LogP contribution in [0.1, 0.15) is 12.0 Å². The van der Waals surface area contributed by atoms with Crippen molar-refractivity contribution in [3.8, 4) is 29.0 Å². The summed E-state index contributed by atoms with van der Waals surface area (Å²) in [5.41, 5.74) is 1.18. The number of ether oxygens (including phenoxy) is 2. The largest absolute Gasteiger partial charge is 0.488 e. The molecule has 0 spiro atoms. The summed E-state index contributed by atoms with van der Waals surface area (Å²) in [5.74, 6) is 1.90. The van der Waals surface area contributed by atoms with Gasteiger partial charge in [-0.3, -0.25) is 8.78 Å². The predicted molar refractivity (Wildman–Crippen MR) is 152 cm³/mol. The van der Waals surface area contributed by atoms with E-state index in [9.17, 15) is 14.0 Å². The van der Waals surface area contributed by atoms with Crippen LogP contribution in [0.2, 0.25) is 0 Å². The second kappa shape index (κ2) is 12.6. The number of methoxy groups -OCH3 is 1. The molecule has 12 heteroatoms. The lowest BCUT2D eigenvalue weighted by atomic mass is 9.80. The minimum absolute atomic E-state index is 0.181. The number of halogens is 2. The number of hydrogen-bond acceptors (Lipinski definition) is 10. The number of likely N-dealkylation sites (N-methyl/N-ethyl adjacent to an activating group) is 1. The number of benzene rings is 1. The average Bonchev–Trinajstić information content (AvgIpc) is 3.02. The molecule has 2 saturated heterocycles. The first-order valence-electron chi connectivity index (χ1n) is 13.6. The molecule has 10 nitrogen and oxygen atoms in total. The number of nitriles is 1. The Morgan fingerprint density at radius 1 is 1.10 bits per heavy atom. The van der Waals surface area contributed by atoms with Gasteiger partial charge in [0.1, 0.15) is 54.9 Å². The minimum atomic E-state index is -1.27. The third kappa shape index (κ3) is 6.16. The molecule has 4 heterocycles. The molecule has 216 valence electrons. The molecular formula is C29H34F2N8O2. The summed E-state index contributed by atoms with van der Waals surface area (Å²) in [5, 5.41) is 16.1. The molecule has 1 aromatic carbocycles. The van der Waals surface area contributed by atoms with Crippen molar-refractivity contribution >= 4 is 17.3 Å². The lowest BCUT2D eigenvalue weighted by molar-refractivity contribution is -0.0159. The van der Waals surface area contributed by atoms with Gasteiger partial charge < -0.3 is 29.9 Å². The maximum atomic E-state index is 13.8. The Hall–Kier alpha value is -4.08. The SMILES string of the molecule is COc1nc(Nc2cc(-c3ccc(OC4CCNCC4(CF)CF)c(C#N)c3)ncn2)ccc1N1CCN(C)CC1. The van der Waals surface area contributed by atoms with Gasteiger partial charge in [0.25, 0.3) is 0 Å². The van der Waals surface area contributed by atoms with Crippen molar-refractivity contribution in [3.63, 3.8) is 0 Å². The van der Waals surface area contributed by atoms with Gasteiger partial charge in [-0.15, -0.1) is 0 Å². The Balaban J connectivity index is 1.33. The van der Waals surface area contributed by atoms with Gasteiger partial charge in [0.15, 0.2) is 0 Å². The van der Waals surface area contributed by atoms with Crippen LogP contribution in [-0.4, -0.2) is 92.7 Å². The van der Waals surface area contributed by atoms with Gasteiger partial charge in [-0.25, -0.2) is 9.97 Å². The highest BCUT2D eigenvalue weighted by molar-refractivity contribution is 5.68. The number of nitrogens with one attached hydrogen (secondary N) is 2. The van der Waals surface area contributed by atoms with Crippen molar-refractivity contribution in [1.29, 1.82) is 5.26 Å². The topological polar surface area (TPSA) is 111 Å². The Bertz CT molecular complexity index is 1390. The van der Waals surface area contributed by atoms with Crippen molar-refractivity contribution in [3.05, 3.63) is 48.3 Å². The van der Waals surface area contributed by atoms with Crippen LogP contribution in [0.3, 0.4) is 0 Å². The van der Waals surface area contributed by atoms with Crippen LogP contribution in [0.4, 0.5) is 26.1 Å². The number of aromatic nitrogens is 3. The number of piperazine rings is 1. The third-order valence-electron chi connectivity index (χ3n) is 7.74. The van der Waals surface area contributed by atoms with E-state index in [4.69, 9.17) is 9.47 Å². The van der Waals surface area contributed by atoms with Crippen LogP contribution in [0, 0.1) is 16.7 Å². The highest BCUT2D eigenvalue weighted by Crippen LogP contribution is 2.35. The van der Waals surface area contributed by atoms with Crippen LogP contribution in [-0.2, 0) is 0 Å². The first-order chi connectivity index (χ1) is 20.0. The number of rotatable bonds is 9. The molecule has 1 unspecified atom stereocenters. The molecule has 41 heavy (non-hydrogen) atoms. The zero-order chi connectivity index (χ0) is 28.8. The zero-order valence-electron chi connectivity index (χ0n) is 23.2. The van der Waals surface area contributed by atoms with E-state index < -0.39 is 24.9 Å². The smallest absolute Gasteiger partial charge is 0.239 e. The molecule has 0 bridgehead atoms. The Kier molecular flexibility index (Phi) is 8.75. The van der Waals surface area contributed by atoms with E-state index in [-0.39, 0.29) is 12.1 Å². The van der Waals surface area contributed by atoms with Gasteiger partial charge in [0.05, 0.1) is 23.8 Å². The van der Waals surface area contributed by atoms with E-state index in [1.807, 2.05) is 12.1 Å². The first kappa shape index (κ1) is 28.4. The molecule has 0 aliphatic carbocycles. The Morgan fingerprint density at radius 3 is 2.63 bits per heavy atom. The summed E-state index contributed by atoms with van der Waals surface area (Å²) in [6.45, 7) is 2.81. The molecule has 2 N–H and O–H groups in total. The van der Waals surface area contributed by atoms with Crippen LogP contribution in [0.5, 0.6) is 11.6 Å². The number of hydrogen-bond donors (Lipinski definition) is 2. The van der Waals surface area contributed by atoms with Crippen LogP contribution in [0.25, 0.3) is 11.3 Å². The monoisotopic (exact) mass is 564 g/mol. The van der Waals surface area contributed by atoms with E-state index in [0.717, 1.165) is 31.9 Å². The Labute approximate surface area is 238 Å². The third-order valence-corrected chi connectivity index (χ3v) is 7.74. The van der Waals surface area contributed by atoms with Crippen molar-refractivity contribution in [2.45, 2.75) is 12.5 Å². The molecule has 1 atom stereocenters. The number of anilines is 3. The maximum absolute atomic E-state index is 13.8. The fourth-order valence-corrected chi connectivity index (χ4v) is 5.17. The fourth-order valence-electron chi connectivity index (χ4n) is 5.17. The van der Waals surface area contributed by atoms with Crippen molar-refractivity contribution < 1.29 is 18.3 Å². The van der Waals surface area contributed by atoms with Crippen molar-refractivity contribution in [2.75, 3.05) is 77.0 Å². The number of piperidine rings is 1. The molecule has 2 aliphatic heterocycles. The predicted octanol–water partition coefficient (Wildman–Crippen LogP) is 3.58. The summed E-state index contributed by atoms with van der Waals surface area (Å²) < 4.78 is 39.3. The molecular weight excluding hydrogens is 530 g/mol. The molecule has 0 amide bonds. The number of nitrogens with zero attached hydrogens (tertiary/aromatic N) is 6. The van der Waals surface area contributed by atoms with Gasteiger partial charge in [-0.05, 0) is 50.3 Å². The summed E-state index contributed by atoms with van der Waals surface area (Å²) >= 11 is 0. The van der Waals surface area contributed by atoms with Gasteiger partial charge >= 0.3 is 0 Å². The van der Waals surface area contributed by atoms with E-state index >= 15 is 0 Å². The number of pyridine rings is 1. The first-order valence-corrected chi connectivity index (χ1v) is 13.6. The van der Waals surface area contributed by atoms with E-state index in [1.165, 1.54) is 6.33 Å². The quantitative estimate of drug-likeness (QED) is 0.400. The lowest BCUT2D eigenvalue weighted by Crippen LogP contribution is -2.55. The van der Waals surface area contributed by atoms with E-state index in [0.29, 0.717) is 47.5 Å². The molecule has 2 aromatic heterocycles.